The molecule has 0 saturated heterocycles. The zero-order valence-electron chi connectivity index (χ0n) is 10.6. The quantitative estimate of drug-likeness (QED) is 0.788. The van der Waals surface area contributed by atoms with Crippen LogP contribution in [-0.2, 0) is 7.05 Å². The summed E-state index contributed by atoms with van der Waals surface area (Å²) in [5.74, 6) is 0.764. The van der Waals surface area contributed by atoms with Crippen molar-refractivity contribution in [1.29, 1.82) is 0 Å². The molecule has 3 rings (SSSR count). The zero-order chi connectivity index (χ0) is 13.4. The molecule has 0 atom stereocenters. The lowest BCUT2D eigenvalue weighted by molar-refractivity contribution is 0.785. The number of benzene rings is 1. The van der Waals surface area contributed by atoms with E-state index in [4.69, 9.17) is 0 Å². The highest BCUT2D eigenvalue weighted by Crippen LogP contribution is 2.25. The van der Waals surface area contributed by atoms with Crippen molar-refractivity contribution >= 4 is 38.5 Å². The molecule has 6 heteroatoms. The maximum Gasteiger partial charge on any atom is 0.163 e. The molecule has 2 heterocycles. The minimum atomic E-state index is 0.764. The molecule has 0 amide bonds. The number of nitrogens with one attached hydrogen (secondary N) is 1. The van der Waals surface area contributed by atoms with Gasteiger partial charge in [-0.1, -0.05) is 15.9 Å². The number of aryl methyl sites for hydroxylation is 2. The number of anilines is 2. The minimum absolute atomic E-state index is 0.764. The van der Waals surface area contributed by atoms with E-state index in [0.717, 1.165) is 27.0 Å². The van der Waals surface area contributed by atoms with Gasteiger partial charge in [-0.15, -0.1) is 0 Å². The Morgan fingerprint density at radius 3 is 2.89 bits per heavy atom. The molecule has 1 aromatic carbocycles. The summed E-state index contributed by atoms with van der Waals surface area (Å²) in [5, 5.41) is 8.41. The van der Waals surface area contributed by atoms with Gasteiger partial charge in [0.2, 0.25) is 0 Å². The molecule has 0 radical (unpaired) electrons. The number of aromatic nitrogens is 4. The van der Waals surface area contributed by atoms with E-state index in [9.17, 15) is 0 Å². The van der Waals surface area contributed by atoms with Crippen LogP contribution in [0.2, 0.25) is 0 Å². The fraction of sp³-hybridized carbons (Fsp3) is 0.154. The van der Waals surface area contributed by atoms with Gasteiger partial charge in [-0.05, 0) is 30.7 Å². The summed E-state index contributed by atoms with van der Waals surface area (Å²) in [5.41, 5.74) is 2.97. The highest BCUT2D eigenvalue weighted by atomic mass is 79.9. The van der Waals surface area contributed by atoms with Gasteiger partial charge in [0.1, 0.15) is 12.1 Å². The summed E-state index contributed by atoms with van der Waals surface area (Å²) < 4.78 is 2.82. The molecule has 0 aliphatic carbocycles. The Hall–Kier alpha value is -1.95. The second-order valence-electron chi connectivity index (χ2n) is 4.32. The van der Waals surface area contributed by atoms with E-state index in [-0.39, 0.29) is 0 Å². The summed E-state index contributed by atoms with van der Waals surface area (Å²) in [4.78, 5) is 8.50. The summed E-state index contributed by atoms with van der Waals surface area (Å²) in [7, 11) is 1.86. The number of fused-ring (bicyclic) bond motifs is 1. The van der Waals surface area contributed by atoms with Crippen LogP contribution < -0.4 is 5.32 Å². The third-order valence-electron chi connectivity index (χ3n) is 2.95. The number of rotatable bonds is 2. The molecule has 0 saturated carbocycles. The SMILES string of the molecule is Cc1cc(Nc2ncnc3c2cnn3C)ccc1Br. The van der Waals surface area contributed by atoms with Crippen molar-refractivity contribution in [2.45, 2.75) is 6.92 Å². The molecule has 0 aliphatic heterocycles. The Kier molecular flexibility index (Phi) is 2.94. The molecule has 2 aromatic heterocycles. The van der Waals surface area contributed by atoms with Gasteiger partial charge < -0.3 is 5.32 Å². The van der Waals surface area contributed by atoms with Gasteiger partial charge in [-0.25, -0.2) is 9.97 Å². The maximum atomic E-state index is 4.28. The molecule has 19 heavy (non-hydrogen) atoms. The number of halogens is 1. The summed E-state index contributed by atoms with van der Waals surface area (Å²) in [6.07, 6.45) is 3.31. The summed E-state index contributed by atoms with van der Waals surface area (Å²) in [6.45, 7) is 2.05. The van der Waals surface area contributed by atoms with Gasteiger partial charge in [-0.2, -0.15) is 5.10 Å². The summed E-state index contributed by atoms with van der Waals surface area (Å²) >= 11 is 3.49. The van der Waals surface area contributed by atoms with Crippen LogP contribution in [0.25, 0.3) is 11.0 Å². The van der Waals surface area contributed by atoms with Crippen molar-refractivity contribution in [3.63, 3.8) is 0 Å². The average Bonchev–Trinajstić information content (AvgIpc) is 2.77. The van der Waals surface area contributed by atoms with E-state index in [1.165, 1.54) is 11.9 Å². The summed E-state index contributed by atoms with van der Waals surface area (Å²) in [6, 6.07) is 6.08. The van der Waals surface area contributed by atoms with Crippen molar-refractivity contribution < 1.29 is 0 Å². The monoisotopic (exact) mass is 317 g/mol. The Labute approximate surface area is 118 Å². The van der Waals surface area contributed by atoms with Crippen LogP contribution >= 0.6 is 15.9 Å². The van der Waals surface area contributed by atoms with Gasteiger partial charge in [0.05, 0.1) is 11.6 Å². The van der Waals surface area contributed by atoms with Crippen molar-refractivity contribution in [3.8, 4) is 0 Å². The van der Waals surface area contributed by atoms with Crippen molar-refractivity contribution in [2.75, 3.05) is 5.32 Å². The molecule has 3 aromatic rings. The molecule has 1 N–H and O–H groups in total. The number of nitrogens with zero attached hydrogens (tertiary/aromatic N) is 4. The smallest absolute Gasteiger partial charge is 0.163 e. The van der Waals surface area contributed by atoms with Crippen LogP contribution in [0.4, 0.5) is 11.5 Å². The van der Waals surface area contributed by atoms with Gasteiger partial charge in [0.25, 0.3) is 0 Å². The van der Waals surface area contributed by atoms with E-state index in [1.807, 2.05) is 19.2 Å². The van der Waals surface area contributed by atoms with Crippen LogP contribution in [-0.4, -0.2) is 19.7 Å². The molecular weight excluding hydrogens is 306 g/mol. The second-order valence-corrected chi connectivity index (χ2v) is 5.17. The molecule has 5 nitrogen and oxygen atoms in total. The Bertz CT molecular complexity index is 750. The third-order valence-corrected chi connectivity index (χ3v) is 3.84. The normalized spacial score (nSPS) is 10.9. The van der Waals surface area contributed by atoms with Crippen LogP contribution in [0.3, 0.4) is 0 Å². The first-order valence-electron chi connectivity index (χ1n) is 5.81. The fourth-order valence-electron chi connectivity index (χ4n) is 1.92. The highest BCUT2D eigenvalue weighted by molar-refractivity contribution is 9.10. The topological polar surface area (TPSA) is 55.6 Å². The maximum absolute atomic E-state index is 4.28. The first kappa shape index (κ1) is 12.1. The Morgan fingerprint density at radius 2 is 2.11 bits per heavy atom. The van der Waals surface area contributed by atoms with Crippen molar-refractivity contribution in [2.24, 2.45) is 7.05 Å². The lowest BCUT2D eigenvalue weighted by Gasteiger charge is -2.08. The Morgan fingerprint density at radius 1 is 1.26 bits per heavy atom. The average molecular weight is 318 g/mol. The van der Waals surface area contributed by atoms with Gasteiger partial charge >= 0.3 is 0 Å². The molecular formula is C13H12BrN5. The molecule has 0 bridgehead atoms. The van der Waals surface area contributed by atoms with Crippen molar-refractivity contribution in [1.82, 2.24) is 19.7 Å². The predicted octanol–water partition coefficient (Wildman–Crippen LogP) is 3.18. The lowest BCUT2D eigenvalue weighted by atomic mass is 10.2. The van der Waals surface area contributed by atoms with Crippen LogP contribution in [0.15, 0.2) is 35.2 Å². The third kappa shape index (κ3) is 2.19. The van der Waals surface area contributed by atoms with Gasteiger partial charge in [0, 0.05) is 17.2 Å². The van der Waals surface area contributed by atoms with Crippen LogP contribution in [0.1, 0.15) is 5.56 Å². The number of hydrogen-bond donors (Lipinski definition) is 1. The Balaban J connectivity index is 2.03. The highest BCUT2D eigenvalue weighted by Gasteiger charge is 2.08. The second kappa shape index (κ2) is 4.62. The molecule has 0 spiro atoms. The van der Waals surface area contributed by atoms with E-state index in [1.54, 1.807) is 10.9 Å². The van der Waals surface area contributed by atoms with Crippen molar-refractivity contribution in [3.05, 3.63) is 40.8 Å². The van der Waals surface area contributed by atoms with E-state index in [0.29, 0.717) is 0 Å². The van der Waals surface area contributed by atoms with Crippen LogP contribution in [0, 0.1) is 6.92 Å². The largest absolute Gasteiger partial charge is 0.340 e. The number of hydrogen-bond acceptors (Lipinski definition) is 4. The van der Waals surface area contributed by atoms with E-state index < -0.39 is 0 Å². The molecule has 96 valence electrons. The minimum Gasteiger partial charge on any atom is -0.340 e. The fourth-order valence-corrected chi connectivity index (χ4v) is 2.17. The zero-order valence-corrected chi connectivity index (χ0v) is 12.1. The van der Waals surface area contributed by atoms with Crippen LogP contribution in [0.5, 0.6) is 0 Å². The standard InChI is InChI=1S/C13H12BrN5/c1-8-5-9(3-4-11(8)14)18-12-10-6-17-19(2)13(10)16-7-15-12/h3-7H,1-2H3,(H,15,16,18). The van der Waals surface area contributed by atoms with E-state index >= 15 is 0 Å². The lowest BCUT2D eigenvalue weighted by Crippen LogP contribution is -1.97. The molecule has 0 fully saturated rings. The molecule has 0 unspecified atom stereocenters. The first-order valence-corrected chi connectivity index (χ1v) is 6.60. The van der Waals surface area contributed by atoms with Gasteiger partial charge in [-0.3, -0.25) is 4.68 Å². The first-order chi connectivity index (χ1) is 9.15. The molecule has 0 aliphatic rings. The van der Waals surface area contributed by atoms with Gasteiger partial charge in [0.15, 0.2) is 5.65 Å². The van der Waals surface area contributed by atoms with E-state index in [2.05, 4.69) is 49.3 Å². The predicted molar refractivity (Wildman–Crippen MR) is 78.5 cm³/mol.